The molecule has 0 radical (unpaired) electrons. The maximum atomic E-state index is 13.9. The van der Waals surface area contributed by atoms with Crippen LogP contribution in [-0.2, 0) is 4.79 Å². The van der Waals surface area contributed by atoms with Gasteiger partial charge in [-0.1, -0.05) is 75.6 Å². The lowest BCUT2D eigenvalue weighted by atomic mass is 9.83. The first kappa shape index (κ1) is 25.5. The predicted octanol–water partition coefficient (Wildman–Crippen LogP) is 4.36. The second-order valence-electron chi connectivity index (χ2n) is 9.10. The van der Waals surface area contributed by atoms with Crippen LogP contribution >= 0.6 is 27.3 Å². The molecule has 188 valence electrons. The highest BCUT2D eigenvalue weighted by atomic mass is 79.9. The molecule has 1 aliphatic heterocycles. The van der Waals surface area contributed by atoms with E-state index in [0.717, 1.165) is 26.7 Å². The van der Waals surface area contributed by atoms with Crippen LogP contribution in [0.15, 0.2) is 87.6 Å². The van der Waals surface area contributed by atoms with Gasteiger partial charge in [-0.15, -0.1) is 11.3 Å². The van der Waals surface area contributed by atoms with E-state index < -0.39 is 11.8 Å². The predicted molar refractivity (Wildman–Crippen MR) is 156 cm³/mol. The third-order valence-corrected chi connectivity index (χ3v) is 8.04. The van der Waals surface area contributed by atoms with Crippen molar-refractivity contribution in [3.05, 3.63) is 125 Å². The van der Waals surface area contributed by atoms with Gasteiger partial charge in [0.1, 0.15) is 10.5 Å². The van der Waals surface area contributed by atoms with Gasteiger partial charge in [0.05, 0.1) is 27.7 Å². The maximum absolute atomic E-state index is 13.9. The molecule has 1 aromatic heterocycles. The molecule has 3 N–H and O–H groups in total. The fourth-order valence-electron chi connectivity index (χ4n) is 4.41. The van der Waals surface area contributed by atoms with Crippen molar-refractivity contribution in [1.29, 1.82) is 5.26 Å². The third-order valence-electron chi connectivity index (χ3n) is 6.40. The van der Waals surface area contributed by atoms with E-state index in [-0.39, 0.29) is 17.0 Å². The number of amides is 1. The summed E-state index contributed by atoms with van der Waals surface area (Å²) in [7, 11) is 0. The molecule has 1 aliphatic rings. The van der Waals surface area contributed by atoms with E-state index in [1.165, 1.54) is 15.9 Å². The molecule has 1 atom stereocenters. The highest BCUT2D eigenvalue weighted by molar-refractivity contribution is 9.10. The van der Waals surface area contributed by atoms with E-state index in [1.807, 2.05) is 74.5 Å². The summed E-state index contributed by atoms with van der Waals surface area (Å²) in [6.07, 6.45) is 1.78. The van der Waals surface area contributed by atoms with Gasteiger partial charge in [0.15, 0.2) is 0 Å². The molecule has 2 heterocycles. The van der Waals surface area contributed by atoms with Crippen LogP contribution in [0.1, 0.15) is 28.2 Å². The summed E-state index contributed by atoms with van der Waals surface area (Å²) in [5.41, 5.74) is 10.9. The zero-order valence-electron chi connectivity index (χ0n) is 20.7. The average molecular weight is 584 g/mol. The van der Waals surface area contributed by atoms with E-state index in [2.05, 4.69) is 27.3 Å². The number of aromatic nitrogens is 1. The number of nitrogens with two attached hydrogens (primary N) is 1. The molecule has 0 saturated carbocycles. The summed E-state index contributed by atoms with van der Waals surface area (Å²) < 4.78 is 3.00. The lowest BCUT2D eigenvalue weighted by molar-refractivity contribution is -0.111. The van der Waals surface area contributed by atoms with Gasteiger partial charge < -0.3 is 11.1 Å². The Bertz CT molecular complexity index is 1810. The first-order valence-corrected chi connectivity index (χ1v) is 13.5. The number of hydrogen-bond donors (Lipinski definition) is 2. The zero-order chi connectivity index (χ0) is 27.0. The van der Waals surface area contributed by atoms with Crippen LogP contribution in [0.5, 0.6) is 0 Å². The van der Waals surface area contributed by atoms with Crippen molar-refractivity contribution in [1.82, 2.24) is 4.57 Å². The smallest absolute Gasteiger partial charge is 0.274 e. The number of nitrogens with zero attached hydrogens (tertiary/aromatic N) is 2. The molecule has 6 nitrogen and oxygen atoms in total. The molecule has 5 rings (SSSR count). The molecule has 0 saturated heterocycles. The van der Waals surface area contributed by atoms with Crippen LogP contribution in [0.25, 0.3) is 17.5 Å². The second-order valence-corrected chi connectivity index (χ2v) is 11.0. The first-order valence-electron chi connectivity index (χ1n) is 11.8. The molecule has 38 heavy (non-hydrogen) atoms. The Hall–Kier alpha value is -4.19. The van der Waals surface area contributed by atoms with E-state index in [4.69, 9.17) is 5.73 Å². The van der Waals surface area contributed by atoms with Gasteiger partial charge in [-0.05, 0) is 55.3 Å². The zero-order valence-corrected chi connectivity index (χ0v) is 23.1. The fourth-order valence-corrected chi connectivity index (χ4v) is 5.84. The lowest BCUT2D eigenvalue weighted by Crippen LogP contribution is -2.40. The van der Waals surface area contributed by atoms with Gasteiger partial charge in [-0.25, -0.2) is 0 Å². The second kappa shape index (κ2) is 10.3. The molecule has 1 amide bonds. The summed E-state index contributed by atoms with van der Waals surface area (Å²) in [4.78, 5) is 27.5. The lowest BCUT2D eigenvalue weighted by Gasteiger charge is -2.25. The number of fused-ring (bicyclic) bond motifs is 1. The Labute approximate surface area is 231 Å². The van der Waals surface area contributed by atoms with Crippen LogP contribution in [0.4, 0.5) is 5.69 Å². The van der Waals surface area contributed by atoms with Crippen LogP contribution in [0, 0.1) is 25.2 Å². The minimum Gasteiger partial charge on any atom is -0.384 e. The first-order chi connectivity index (χ1) is 18.3. The minimum absolute atomic E-state index is 0.0399. The monoisotopic (exact) mass is 582 g/mol. The Morgan fingerprint density at radius 1 is 1.03 bits per heavy atom. The number of nitriles is 1. The fraction of sp³-hybridized carbons (Fsp3) is 0.100. The van der Waals surface area contributed by atoms with Crippen LogP contribution in [-0.4, -0.2) is 10.5 Å². The molecule has 0 bridgehead atoms. The summed E-state index contributed by atoms with van der Waals surface area (Å²) in [5, 5.41) is 13.1. The number of thiazole rings is 1. The van der Waals surface area contributed by atoms with Crippen molar-refractivity contribution in [2.45, 2.75) is 19.8 Å². The van der Waals surface area contributed by atoms with Crippen LogP contribution < -0.4 is 25.8 Å². The largest absolute Gasteiger partial charge is 0.384 e. The Kier molecular flexibility index (Phi) is 6.89. The number of aryl methyl sites for hydroxylation is 2. The quantitative estimate of drug-likeness (QED) is 0.373. The molecule has 8 heteroatoms. The highest BCUT2D eigenvalue weighted by Gasteiger charge is 2.35. The van der Waals surface area contributed by atoms with Gasteiger partial charge in [-0.3, -0.25) is 14.2 Å². The Balaban J connectivity index is 1.79. The average Bonchev–Trinajstić information content (AvgIpc) is 3.22. The number of carbonyl (C=O) groups is 1. The van der Waals surface area contributed by atoms with Gasteiger partial charge in [0, 0.05) is 10.2 Å². The van der Waals surface area contributed by atoms with Crippen molar-refractivity contribution in [3.8, 4) is 6.07 Å². The normalized spacial score (nSPS) is 15.3. The molecule has 0 fully saturated rings. The number of allylic oxidation sites excluding steroid dienone is 1. The molecular weight excluding hydrogens is 560 g/mol. The molecule has 4 aromatic rings. The van der Waals surface area contributed by atoms with Crippen molar-refractivity contribution in [2.75, 3.05) is 5.32 Å². The summed E-state index contributed by atoms with van der Waals surface area (Å²) in [6, 6.07) is 24.8. The summed E-state index contributed by atoms with van der Waals surface area (Å²) in [5.74, 6) is -1.10. The van der Waals surface area contributed by atoms with E-state index >= 15 is 0 Å². The van der Waals surface area contributed by atoms with Gasteiger partial charge in [0.2, 0.25) is 0 Å². The number of nitrogens with one attached hydrogen (secondary N) is 1. The third kappa shape index (κ3) is 4.74. The van der Waals surface area contributed by atoms with Crippen molar-refractivity contribution >= 4 is 56.3 Å². The summed E-state index contributed by atoms with van der Waals surface area (Å²) in [6.45, 7) is 3.96. The number of rotatable bonds is 4. The maximum Gasteiger partial charge on any atom is 0.274 e. The van der Waals surface area contributed by atoms with Crippen LogP contribution in [0.2, 0.25) is 0 Å². The van der Waals surface area contributed by atoms with Crippen molar-refractivity contribution in [2.24, 2.45) is 5.73 Å². The standard InChI is InChI=1S/C30H23BrN4O2S/c1-17-3-7-19(8-4-17)15-24-29(37)35-27(33)23(16-32)25(20-9-5-18(2)6-10-20)26(30(35)38-24)28(36)34-22-13-11-21(31)12-14-22/h3-15,25H,33H2,1-2H3,(H,34,36)/b24-15-. The number of hydrogen-bond acceptors (Lipinski definition) is 5. The Morgan fingerprint density at radius 2 is 1.63 bits per heavy atom. The van der Waals surface area contributed by atoms with Gasteiger partial charge in [0.25, 0.3) is 11.5 Å². The molecule has 3 aromatic carbocycles. The van der Waals surface area contributed by atoms with Crippen LogP contribution in [0.3, 0.4) is 0 Å². The summed E-state index contributed by atoms with van der Waals surface area (Å²) >= 11 is 4.60. The van der Waals surface area contributed by atoms with E-state index in [9.17, 15) is 14.9 Å². The van der Waals surface area contributed by atoms with Crippen molar-refractivity contribution in [3.63, 3.8) is 0 Å². The molecule has 1 unspecified atom stereocenters. The van der Waals surface area contributed by atoms with E-state index in [1.54, 1.807) is 18.2 Å². The number of anilines is 1. The van der Waals surface area contributed by atoms with E-state index in [0.29, 0.717) is 20.5 Å². The Morgan fingerprint density at radius 3 is 2.24 bits per heavy atom. The number of halogens is 1. The molecule has 0 aliphatic carbocycles. The SMILES string of the molecule is Cc1ccc(/C=c2\sc3n(c2=O)C(N)=C(C#N)C(c2ccc(C)cc2)C=3C(=O)Nc2ccc(Br)cc2)cc1. The topological polar surface area (TPSA) is 101 Å². The van der Waals surface area contributed by atoms with Crippen molar-refractivity contribution < 1.29 is 4.79 Å². The van der Waals surface area contributed by atoms with Gasteiger partial charge in [-0.2, -0.15) is 5.26 Å². The molecule has 0 spiro atoms. The van der Waals surface area contributed by atoms with Gasteiger partial charge >= 0.3 is 0 Å². The highest BCUT2D eigenvalue weighted by Crippen LogP contribution is 2.36. The number of carbonyl (C=O) groups excluding carboxylic acids is 1. The minimum atomic E-state index is -0.735. The molecular formula is C30H23BrN4O2S. The number of benzene rings is 3.